The van der Waals surface area contributed by atoms with Gasteiger partial charge in [0.1, 0.15) is 0 Å². The molecular weight excluding hydrogens is 331 g/mol. The summed E-state index contributed by atoms with van der Waals surface area (Å²) in [4.78, 5) is 35.7. The van der Waals surface area contributed by atoms with Gasteiger partial charge in [-0.15, -0.1) is 0 Å². The van der Waals surface area contributed by atoms with Crippen LogP contribution in [-0.4, -0.2) is 4.89 Å². The minimum absolute atomic E-state index is 0. The van der Waals surface area contributed by atoms with E-state index in [4.69, 9.17) is 4.89 Å². The van der Waals surface area contributed by atoms with Crippen LogP contribution in [0.15, 0.2) is 0 Å². The van der Waals surface area contributed by atoms with Gasteiger partial charge < -0.3 is 36.5 Å². The smallest absolute Gasteiger partial charge is 1.00 e. The normalized spacial score (nSPS) is 14.3. The van der Waals surface area contributed by atoms with E-state index >= 15 is 0 Å². The zero-order valence-electron chi connectivity index (χ0n) is 5.23. The molecule has 0 radical (unpaired) electrons. The monoisotopic (exact) mass is 330 g/mol. The zero-order chi connectivity index (χ0) is 7.71. The fraction of sp³-hybridized carbons (Fsp3) is 0. The first-order valence-corrected chi connectivity index (χ1v) is 4.43. The molecule has 0 aromatic heterocycles. The molecule has 0 aromatic carbocycles. The molecule has 0 saturated carbocycles. The molecule has 1 unspecified atom stereocenters. The van der Waals surface area contributed by atoms with Crippen molar-refractivity contribution in [1.29, 1.82) is 0 Å². The molecule has 0 heterocycles. The van der Waals surface area contributed by atoms with Gasteiger partial charge in [-0.3, -0.25) is 8.88 Å². The predicted molar refractivity (Wildman–Crippen MR) is 18.5 cm³/mol. The molecule has 0 aliphatic carbocycles. The standard InChI is InChI=1S/ClH.Fe.H4O7P2.Zn/c;;1-8(2,3)7-9(4,5)6;/h1H;;(H2,1,2,3)(H2,4,5,6);/q;+2;;+2/p-4. The van der Waals surface area contributed by atoms with Crippen molar-refractivity contribution in [2.45, 2.75) is 0 Å². The van der Waals surface area contributed by atoms with E-state index in [-0.39, 0.29) is 49.0 Å². The van der Waals surface area contributed by atoms with Gasteiger partial charge in [0.15, 0.2) is 0 Å². The van der Waals surface area contributed by atoms with Crippen molar-refractivity contribution in [3.63, 3.8) is 0 Å². The molecule has 0 aliphatic rings. The second-order valence-electron chi connectivity index (χ2n) is 0.997. The third kappa shape index (κ3) is 22.6. The van der Waals surface area contributed by atoms with Gasteiger partial charge in [-0.1, -0.05) is 0 Å². The minimum atomic E-state index is -5.61. The Morgan fingerprint density at radius 3 is 1.42 bits per heavy atom. The largest absolute Gasteiger partial charge is 2.00 e. The maximum absolute atomic E-state index is 9.44. The number of hydrogen-bond donors (Lipinski definition) is 1. The summed E-state index contributed by atoms with van der Waals surface area (Å²) >= 11 is 0. The average molecular weight is 332 g/mol. The van der Waals surface area contributed by atoms with Crippen LogP contribution in [0.4, 0.5) is 0 Å². The molecule has 70 valence electrons. The predicted octanol–water partition coefficient (Wildman–Crippen LogP) is -5.71. The molecule has 0 amide bonds. The van der Waals surface area contributed by atoms with Crippen LogP contribution in [0.25, 0.3) is 0 Å². The Bertz CT molecular complexity index is 162. The van der Waals surface area contributed by atoms with Gasteiger partial charge in [-0.05, 0) is 0 Å². The van der Waals surface area contributed by atoms with Gasteiger partial charge in [0.2, 0.25) is 0 Å². The summed E-state index contributed by atoms with van der Waals surface area (Å²) < 4.78 is 21.4. The van der Waals surface area contributed by atoms with E-state index in [1.807, 2.05) is 0 Å². The van der Waals surface area contributed by atoms with E-state index in [1.54, 1.807) is 0 Å². The third-order valence-corrected chi connectivity index (χ3v) is 1.83. The Kier molecular flexibility index (Phi) is 15.7. The molecule has 0 rings (SSSR count). The fourth-order valence-electron chi connectivity index (χ4n) is 0.126. The molecule has 0 aromatic rings. The average Bonchev–Trinajstić information content (AvgIpc) is 1.14. The first-order valence-electron chi connectivity index (χ1n) is 1.48. The van der Waals surface area contributed by atoms with Crippen molar-refractivity contribution < 1.29 is 82.0 Å². The van der Waals surface area contributed by atoms with Crippen LogP contribution in [0.5, 0.6) is 0 Å². The van der Waals surface area contributed by atoms with E-state index in [2.05, 4.69) is 4.31 Å². The van der Waals surface area contributed by atoms with Crippen molar-refractivity contribution in [2.75, 3.05) is 0 Å². The molecule has 0 aliphatic heterocycles. The minimum Gasteiger partial charge on any atom is -1.00 e. The fourth-order valence-corrected chi connectivity index (χ4v) is 1.14. The summed E-state index contributed by atoms with van der Waals surface area (Å²) in [6, 6.07) is 0. The van der Waals surface area contributed by atoms with Crippen LogP contribution in [-0.2, 0) is 50.0 Å². The van der Waals surface area contributed by atoms with Crippen LogP contribution in [0, 0.1) is 0 Å². The Morgan fingerprint density at radius 2 is 1.42 bits per heavy atom. The van der Waals surface area contributed by atoms with Gasteiger partial charge in [-0.2, -0.15) is 0 Å². The van der Waals surface area contributed by atoms with Gasteiger partial charge in [0.05, 0.1) is 7.82 Å². The van der Waals surface area contributed by atoms with E-state index < -0.39 is 15.6 Å². The maximum atomic E-state index is 9.44. The number of rotatable bonds is 2. The summed E-state index contributed by atoms with van der Waals surface area (Å²) in [6.45, 7) is 0. The maximum Gasteiger partial charge on any atom is 2.00 e. The van der Waals surface area contributed by atoms with Crippen LogP contribution in [0.1, 0.15) is 0 Å². The topological polar surface area (TPSA) is 133 Å². The van der Waals surface area contributed by atoms with Crippen LogP contribution >= 0.6 is 15.6 Å². The molecule has 0 spiro atoms. The van der Waals surface area contributed by atoms with Gasteiger partial charge >= 0.3 is 36.5 Å². The van der Waals surface area contributed by atoms with Crippen molar-refractivity contribution in [2.24, 2.45) is 0 Å². The Labute approximate surface area is 97.4 Å². The molecule has 1 atom stereocenters. The Morgan fingerprint density at radius 1 is 1.17 bits per heavy atom. The van der Waals surface area contributed by atoms with E-state index in [0.717, 1.165) is 0 Å². The van der Waals surface area contributed by atoms with Crippen molar-refractivity contribution in [1.82, 2.24) is 0 Å². The van der Waals surface area contributed by atoms with Gasteiger partial charge in [-0.25, -0.2) is 0 Å². The third-order valence-electron chi connectivity index (χ3n) is 0.203. The molecule has 0 bridgehead atoms. The van der Waals surface area contributed by atoms with E-state index in [9.17, 15) is 23.8 Å². The summed E-state index contributed by atoms with van der Waals surface area (Å²) in [7, 11) is -11.0. The second kappa shape index (κ2) is 8.04. The zero-order valence-corrected chi connectivity index (χ0v) is 11.8. The Hall–Kier alpha value is 1.69. The number of hydrogen-bond acceptors (Lipinski definition) is 6. The summed E-state index contributed by atoms with van der Waals surface area (Å²) in [5.74, 6) is 0. The first-order chi connectivity index (χ1) is 3.71. The molecule has 12 heteroatoms. The molecule has 1 N–H and O–H groups in total. The molecule has 12 heavy (non-hydrogen) atoms. The number of phosphoric acid groups is 2. The summed E-state index contributed by atoms with van der Waals surface area (Å²) in [6.07, 6.45) is 0. The molecular formula is HClFeO7P2Zn. The molecule has 0 fully saturated rings. The van der Waals surface area contributed by atoms with Crippen LogP contribution in [0.3, 0.4) is 0 Å². The molecule has 7 nitrogen and oxygen atoms in total. The summed E-state index contributed by atoms with van der Waals surface area (Å²) in [5.41, 5.74) is 0. The van der Waals surface area contributed by atoms with Gasteiger partial charge in [0, 0.05) is 0 Å². The van der Waals surface area contributed by atoms with Crippen LogP contribution in [0.2, 0.25) is 0 Å². The van der Waals surface area contributed by atoms with E-state index in [1.165, 1.54) is 0 Å². The SMILES string of the molecule is O=P([O-])([O-])OP(=O)([O-])O.[Cl-].[Fe+2].[Zn+2]. The van der Waals surface area contributed by atoms with Crippen molar-refractivity contribution >= 4 is 15.6 Å². The first kappa shape index (κ1) is 23.5. The second-order valence-corrected chi connectivity index (χ2v) is 3.48. The number of halogens is 1. The van der Waals surface area contributed by atoms with E-state index in [0.29, 0.717) is 0 Å². The van der Waals surface area contributed by atoms with Gasteiger partial charge in [0.25, 0.3) is 7.82 Å². The van der Waals surface area contributed by atoms with Crippen molar-refractivity contribution in [3.8, 4) is 0 Å². The Balaban J connectivity index is -0.000000107. The molecule has 0 saturated heterocycles. The summed E-state index contributed by atoms with van der Waals surface area (Å²) in [5, 5.41) is 0. The quantitative estimate of drug-likeness (QED) is 0.394. The van der Waals surface area contributed by atoms with Crippen molar-refractivity contribution in [3.05, 3.63) is 0 Å². The van der Waals surface area contributed by atoms with Crippen LogP contribution < -0.4 is 27.1 Å².